The van der Waals surface area contributed by atoms with Gasteiger partial charge in [0.15, 0.2) is 0 Å². The van der Waals surface area contributed by atoms with Crippen LogP contribution in [0, 0.1) is 11.8 Å². The normalized spacial score (nSPS) is 21.7. The molecule has 0 aromatic heterocycles. The second-order valence-corrected chi connectivity index (χ2v) is 7.62. The Kier molecular flexibility index (Phi) is 4.80. The van der Waals surface area contributed by atoms with E-state index in [4.69, 9.17) is 0 Å². The first kappa shape index (κ1) is 17.5. The van der Waals surface area contributed by atoms with Gasteiger partial charge in [-0.25, -0.2) is 0 Å². The van der Waals surface area contributed by atoms with E-state index >= 15 is 0 Å². The van der Waals surface area contributed by atoms with Crippen molar-refractivity contribution >= 4 is 23.0 Å². The number of hydrazone groups is 1. The predicted molar refractivity (Wildman–Crippen MR) is 110 cm³/mol. The van der Waals surface area contributed by atoms with Gasteiger partial charge in [-0.2, -0.15) is 5.10 Å². The fourth-order valence-corrected chi connectivity index (χ4v) is 3.93. The van der Waals surface area contributed by atoms with E-state index in [0.29, 0.717) is 0 Å². The summed E-state index contributed by atoms with van der Waals surface area (Å²) in [6, 6.07) is 16.0. The van der Waals surface area contributed by atoms with E-state index in [1.165, 1.54) is 0 Å². The van der Waals surface area contributed by atoms with E-state index in [9.17, 15) is 4.79 Å². The zero-order chi connectivity index (χ0) is 18.8. The summed E-state index contributed by atoms with van der Waals surface area (Å²) < 4.78 is 0. The van der Waals surface area contributed by atoms with Crippen LogP contribution in [0.15, 0.2) is 60.2 Å². The number of anilines is 1. The van der Waals surface area contributed by atoms with Crippen molar-refractivity contribution in [2.75, 3.05) is 5.32 Å². The lowest BCUT2D eigenvalue weighted by Gasteiger charge is -2.25. The summed E-state index contributed by atoms with van der Waals surface area (Å²) in [6.07, 6.45) is 4.25. The molecule has 138 valence electrons. The van der Waals surface area contributed by atoms with Gasteiger partial charge in [0.1, 0.15) is 0 Å². The highest BCUT2D eigenvalue weighted by Crippen LogP contribution is 2.30. The lowest BCUT2D eigenvalue weighted by molar-refractivity contribution is -0.121. The van der Waals surface area contributed by atoms with Crippen LogP contribution in [0.4, 0.5) is 5.69 Å². The number of amides is 1. The fraction of sp³-hybridized carbons (Fsp3) is 0.304. The second-order valence-electron chi connectivity index (χ2n) is 7.62. The van der Waals surface area contributed by atoms with Crippen molar-refractivity contribution in [2.45, 2.75) is 32.6 Å². The van der Waals surface area contributed by atoms with Gasteiger partial charge in [0, 0.05) is 28.3 Å². The van der Waals surface area contributed by atoms with Crippen molar-refractivity contribution in [1.29, 1.82) is 0 Å². The van der Waals surface area contributed by atoms with E-state index in [1.807, 2.05) is 42.5 Å². The van der Waals surface area contributed by atoms with Crippen LogP contribution in [0.3, 0.4) is 0 Å². The molecule has 1 aliphatic carbocycles. The number of benzene rings is 2. The fourth-order valence-electron chi connectivity index (χ4n) is 3.93. The van der Waals surface area contributed by atoms with Gasteiger partial charge in [-0.15, -0.1) is 0 Å². The van der Waals surface area contributed by atoms with E-state index in [1.54, 1.807) is 0 Å². The Morgan fingerprint density at radius 2 is 1.81 bits per heavy atom. The Bertz CT molecular complexity index is 907. The van der Waals surface area contributed by atoms with Crippen LogP contribution in [0.1, 0.15) is 49.3 Å². The van der Waals surface area contributed by atoms with Crippen LogP contribution in [-0.4, -0.2) is 11.6 Å². The third-order valence-corrected chi connectivity index (χ3v) is 5.60. The van der Waals surface area contributed by atoms with E-state index in [-0.39, 0.29) is 11.8 Å². The Morgan fingerprint density at radius 1 is 1.07 bits per heavy atom. The predicted octanol–water partition coefficient (Wildman–Crippen LogP) is 4.78. The molecule has 2 N–H and O–H groups in total. The second kappa shape index (κ2) is 7.39. The SMILES string of the molecule is C=C1NN=C(c2cccc(NC(=O)C3CCC(C)CC3)c2)c2ccccc21. The van der Waals surface area contributed by atoms with Gasteiger partial charge in [0.25, 0.3) is 0 Å². The maximum Gasteiger partial charge on any atom is 0.227 e. The zero-order valence-corrected chi connectivity index (χ0v) is 15.7. The molecule has 0 radical (unpaired) electrons. The minimum absolute atomic E-state index is 0.127. The smallest absolute Gasteiger partial charge is 0.227 e. The molecule has 1 aliphatic heterocycles. The van der Waals surface area contributed by atoms with Gasteiger partial charge in [0.2, 0.25) is 5.91 Å². The Labute approximate surface area is 160 Å². The quantitative estimate of drug-likeness (QED) is 0.829. The first-order valence-electron chi connectivity index (χ1n) is 9.65. The van der Waals surface area contributed by atoms with Gasteiger partial charge in [0.05, 0.1) is 11.4 Å². The van der Waals surface area contributed by atoms with Gasteiger partial charge >= 0.3 is 0 Å². The molecule has 2 aliphatic rings. The van der Waals surface area contributed by atoms with Crippen LogP contribution in [0.25, 0.3) is 5.70 Å². The number of carbonyl (C=O) groups excluding carboxylic acids is 1. The van der Waals surface area contributed by atoms with Crippen molar-refractivity contribution in [1.82, 2.24) is 5.43 Å². The molecule has 2 aromatic rings. The summed E-state index contributed by atoms with van der Waals surface area (Å²) in [5, 5.41) is 7.60. The summed E-state index contributed by atoms with van der Waals surface area (Å²) in [4.78, 5) is 12.6. The van der Waals surface area contributed by atoms with Crippen LogP contribution < -0.4 is 10.7 Å². The minimum atomic E-state index is 0.127. The molecule has 2 aromatic carbocycles. The number of hydrogen-bond donors (Lipinski definition) is 2. The number of nitrogens with one attached hydrogen (secondary N) is 2. The monoisotopic (exact) mass is 359 g/mol. The van der Waals surface area contributed by atoms with E-state index in [0.717, 1.165) is 65.4 Å². The number of nitrogens with zero attached hydrogens (tertiary/aromatic N) is 1. The zero-order valence-electron chi connectivity index (χ0n) is 15.7. The van der Waals surface area contributed by atoms with Gasteiger partial charge in [-0.1, -0.05) is 49.9 Å². The summed E-state index contributed by atoms with van der Waals surface area (Å²) in [6.45, 7) is 6.29. The first-order valence-corrected chi connectivity index (χ1v) is 9.65. The van der Waals surface area contributed by atoms with Crippen LogP contribution >= 0.6 is 0 Å². The first-order chi connectivity index (χ1) is 13.1. The molecule has 4 rings (SSSR count). The van der Waals surface area contributed by atoms with Crippen molar-refractivity contribution in [2.24, 2.45) is 16.9 Å². The van der Waals surface area contributed by atoms with Crippen molar-refractivity contribution in [3.05, 3.63) is 71.8 Å². The lowest BCUT2D eigenvalue weighted by Crippen LogP contribution is -2.26. The molecule has 0 bridgehead atoms. The van der Waals surface area contributed by atoms with Gasteiger partial charge in [-0.05, 0) is 43.7 Å². The van der Waals surface area contributed by atoms with Crippen LogP contribution in [0.2, 0.25) is 0 Å². The average molecular weight is 359 g/mol. The Morgan fingerprint density at radius 3 is 2.59 bits per heavy atom. The number of hydrogen-bond acceptors (Lipinski definition) is 3. The number of fused-ring (bicyclic) bond motifs is 1. The third-order valence-electron chi connectivity index (χ3n) is 5.60. The molecule has 1 saturated carbocycles. The molecule has 4 heteroatoms. The molecular weight excluding hydrogens is 334 g/mol. The Hall–Kier alpha value is -2.88. The standard InChI is InChI=1S/C23H25N3O/c1-15-10-12-17(13-11-15)23(27)24-19-7-5-6-18(14-19)22-21-9-4-3-8-20(21)16(2)25-26-22/h3-9,14-15,17,25H,2,10-13H2,1H3,(H,24,27). The summed E-state index contributed by atoms with van der Waals surface area (Å²) >= 11 is 0. The van der Waals surface area contributed by atoms with E-state index in [2.05, 4.69) is 35.4 Å². The number of carbonyl (C=O) groups is 1. The van der Waals surface area contributed by atoms with Crippen LogP contribution in [-0.2, 0) is 4.79 Å². The maximum absolute atomic E-state index is 12.6. The molecule has 1 fully saturated rings. The molecule has 0 spiro atoms. The van der Waals surface area contributed by atoms with Crippen molar-refractivity contribution < 1.29 is 4.79 Å². The number of rotatable bonds is 3. The Balaban J connectivity index is 1.55. The van der Waals surface area contributed by atoms with E-state index < -0.39 is 0 Å². The largest absolute Gasteiger partial charge is 0.326 e. The minimum Gasteiger partial charge on any atom is -0.326 e. The molecule has 4 nitrogen and oxygen atoms in total. The third kappa shape index (κ3) is 3.65. The maximum atomic E-state index is 12.6. The van der Waals surface area contributed by atoms with Gasteiger partial charge in [-0.3, -0.25) is 10.2 Å². The highest BCUT2D eigenvalue weighted by Gasteiger charge is 2.24. The molecule has 0 atom stereocenters. The summed E-state index contributed by atoms with van der Waals surface area (Å²) in [5.41, 5.74) is 8.55. The highest BCUT2D eigenvalue weighted by molar-refractivity contribution is 6.16. The highest BCUT2D eigenvalue weighted by atomic mass is 16.1. The summed E-state index contributed by atoms with van der Waals surface area (Å²) in [5.74, 6) is 1.00. The molecule has 1 heterocycles. The molecule has 0 saturated heterocycles. The molecule has 0 unspecified atom stereocenters. The molecule has 27 heavy (non-hydrogen) atoms. The van der Waals surface area contributed by atoms with Gasteiger partial charge < -0.3 is 5.32 Å². The van der Waals surface area contributed by atoms with Crippen molar-refractivity contribution in [3.63, 3.8) is 0 Å². The van der Waals surface area contributed by atoms with Crippen molar-refractivity contribution in [3.8, 4) is 0 Å². The summed E-state index contributed by atoms with van der Waals surface area (Å²) in [7, 11) is 0. The topological polar surface area (TPSA) is 53.5 Å². The molecular formula is C23H25N3O. The van der Waals surface area contributed by atoms with Crippen LogP contribution in [0.5, 0.6) is 0 Å². The average Bonchev–Trinajstić information content (AvgIpc) is 2.69. The molecule has 1 amide bonds. The lowest BCUT2D eigenvalue weighted by atomic mass is 9.82.